The summed E-state index contributed by atoms with van der Waals surface area (Å²) in [6, 6.07) is 22.8. The van der Waals surface area contributed by atoms with Gasteiger partial charge in [0.15, 0.2) is 0 Å². The summed E-state index contributed by atoms with van der Waals surface area (Å²) < 4.78 is 52.2. The molecule has 3 aromatic rings. The molecule has 0 unspecified atom stereocenters. The van der Waals surface area contributed by atoms with Crippen LogP contribution in [0.1, 0.15) is 60.8 Å². The van der Waals surface area contributed by atoms with E-state index in [4.69, 9.17) is 0 Å². The molecule has 0 radical (unpaired) electrons. The van der Waals surface area contributed by atoms with Gasteiger partial charge < -0.3 is 0 Å². The lowest BCUT2D eigenvalue weighted by atomic mass is 10.0. The molecule has 0 N–H and O–H groups in total. The van der Waals surface area contributed by atoms with E-state index in [1.54, 1.807) is 18.2 Å². The Balaban J connectivity index is 1.49. The van der Waals surface area contributed by atoms with Crippen LogP contribution in [0.3, 0.4) is 0 Å². The van der Waals surface area contributed by atoms with Gasteiger partial charge >= 0.3 is 6.18 Å². The van der Waals surface area contributed by atoms with Crippen LogP contribution in [0.4, 0.5) is 17.6 Å². The van der Waals surface area contributed by atoms with Crippen LogP contribution >= 0.6 is 0 Å². The summed E-state index contributed by atoms with van der Waals surface area (Å²) in [5.74, 6) is -0.204. The minimum Gasteiger partial charge on any atom is -0.207 e. The summed E-state index contributed by atoms with van der Waals surface area (Å²) >= 11 is 0. The monoisotopic (exact) mass is 520 g/mol. The van der Waals surface area contributed by atoms with Gasteiger partial charge in [-0.05, 0) is 98.2 Å². The third kappa shape index (κ3) is 11.3. The van der Waals surface area contributed by atoms with Gasteiger partial charge in [-0.3, -0.25) is 0 Å². The average molecular weight is 521 g/mol. The highest BCUT2D eigenvalue weighted by Gasteiger charge is 2.30. The van der Waals surface area contributed by atoms with Gasteiger partial charge in [-0.25, -0.2) is 4.39 Å². The number of halogens is 4. The lowest BCUT2D eigenvalue weighted by Crippen LogP contribution is -2.05. The molecule has 200 valence electrons. The van der Waals surface area contributed by atoms with Gasteiger partial charge in [0.2, 0.25) is 0 Å². The maximum Gasteiger partial charge on any atom is 0.416 e. The van der Waals surface area contributed by atoms with Crippen molar-refractivity contribution in [1.82, 2.24) is 0 Å². The highest BCUT2D eigenvalue weighted by molar-refractivity contribution is 5.27. The van der Waals surface area contributed by atoms with Crippen LogP contribution in [0.15, 0.2) is 115 Å². The molecule has 0 nitrogen and oxygen atoms in total. The molecule has 0 spiro atoms. The molecule has 0 heterocycles. The maximum atomic E-state index is 13.5. The maximum absolute atomic E-state index is 13.5. The fourth-order valence-corrected chi connectivity index (χ4v) is 4.33. The third-order valence-electron chi connectivity index (χ3n) is 6.37. The van der Waals surface area contributed by atoms with Crippen LogP contribution in [-0.2, 0) is 25.4 Å². The van der Waals surface area contributed by atoms with E-state index in [1.807, 2.05) is 18.2 Å². The molecule has 38 heavy (non-hydrogen) atoms. The van der Waals surface area contributed by atoms with Gasteiger partial charge in [0.25, 0.3) is 0 Å². The van der Waals surface area contributed by atoms with E-state index < -0.39 is 11.7 Å². The Hall–Kier alpha value is -3.40. The molecule has 0 saturated heterocycles. The number of unbranched alkanes of at least 4 members (excludes halogenated alkanes) is 2. The van der Waals surface area contributed by atoms with Crippen molar-refractivity contribution < 1.29 is 17.6 Å². The molecule has 0 fully saturated rings. The Labute approximate surface area is 224 Å². The van der Waals surface area contributed by atoms with Crippen molar-refractivity contribution in [2.75, 3.05) is 0 Å². The number of rotatable bonds is 14. The van der Waals surface area contributed by atoms with Crippen LogP contribution in [0.2, 0.25) is 0 Å². The van der Waals surface area contributed by atoms with Gasteiger partial charge in [0.1, 0.15) is 5.82 Å². The van der Waals surface area contributed by atoms with Crippen molar-refractivity contribution in [2.45, 2.75) is 64.0 Å². The van der Waals surface area contributed by atoms with Gasteiger partial charge in [-0.2, -0.15) is 13.2 Å². The second kappa shape index (κ2) is 15.8. The molecule has 0 aromatic heterocycles. The van der Waals surface area contributed by atoms with Crippen LogP contribution in [-0.4, -0.2) is 0 Å². The Kier molecular flexibility index (Phi) is 12.1. The van der Waals surface area contributed by atoms with E-state index in [2.05, 4.69) is 48.6 Å². The fourth-order valence-electron chi connectivity index (χ4n) is 4.33. The summed E-state index contributed by atoms with van der Waals surface area (Å²) in [5, 5.41) is 0. The fraction of sp³-hybridized carbons (Fsp3) is 0.294. The molecule has 4 heteroatoms. The Morgan fingerprint density at radius 3 is 2.03 bits per heavy atom. The average Bonchev–Trinajstić information content (AvgIpc) is 2.90. The van der Waals surface area contributed by atoms with E-state index >= 15 is 0 Å². The van der Waals surface area contributed by atoms with Crippen molar-refractivity contribution in [1.29, 1.82) is 0 Å². The van der Waals surface area contributed by atoms with Gasteiger partial charge in [-0.15, -0.1) is 0 Å². The highest BCUT2D eigenvalue weighted by Crippen LogP contribution is 2.29. The zero-order valence-electron chi connectivity index (χ0n) is 21.8. The Morgan fingerprint density at radius 2 is 1.29 bits per heavy atom. The van der Waals surface area contributed by atoms with E-state index in [-0.39, 0.29) is 5.82 Å². The summed E-state index contributed by atoms with van der Waals surface area (Å²) in [5.41, 5.74) is 3.68. The molecule has 0 saturated carbocycles. The first-order chi connectivity index (χ1) is 18.4. The molecular weight excluding hydrogens is 484 g/mol. The van der Waals surface area contributed by atoms with Crippen LogP contribution in [0.5, 0.6) is 0 Å². The van der Waals surface area contributed by atoms with Crippen molar-refractivity contribution in [3.8, 4) is 0 Å². The SMILES string of the molecule is Fc1cccc(CCCC(C=CCCCc2ccccc2)=CC=CCCCc2cccc(C(F)(F)F)c2)c1. The number of hydrogen-bond donors (Lipinski definition) is 0. The lowest BCUT2D eigenvalue weighted by molar-refractivity contribution is -0.137. The molecule has 3 rings (SSSR count). The van der Waals surface area contributed by atoms with Gasteiger partial charge in [0, 0.05) is 0 Å². The second-order valence-corrected chi connectivity index (χ2v) is 9.52. The minimum atomic E-state index is -4.30. The molecule has 0 aliphatic heterocycles. The molecule has 3 aromatic carbocycles. The third-order valence-corrected chi connectivity index (χ3v) is 6.37. The van der Waals surface area contributed by atoms with E-state index in [0.29, 0.717) is 12.0 Å². The smallest absolute Gasteiger partial charge is 0.207 e. The van der Waals surface area contributed by atoms with Crippen LogP contribution < -0.4 is 0 Å². The van der Waals surface area contributed by atoms with Crippen LogP contribution in [0.25, 0.3) is 0 Å². The summed E-state index contributed by atoms with van der Waals surface area (Å²) in [6.45, 7) is 0. The van der Waals surface area contributed by atoms with E-state index in [9.17, 15) is 17.6 Å². The van der Waals surface area contributed by atoms with E-state index in [0.717, 1.165) is 63.0 Å². The molecule has 0 bridgehead atoms. The van der Waals surface area contributed by atoms with Crippen molar-refractivity contribution >= 4 is 0 Å². The second-order valence-electron chi connectivity index (χ2n) is 9.52. The number of alkyl halides is 3. The zero-order chi connectivity index (χ0) is 27.1. The Morgan fingerprint density at radius 1 is 0.658 bits per heavy atom. The zero-order valence-corrected chi connectivity index (χ0v) is 21.8. The summed E-state index contributed by atoms with van der Waals surface area (Å²) in [6.07, 6.45) is 14.3. The Bertz CT molecular complexity index is 1190. The van der Waals surface area contributed by atoms with Crippen molar-refractivity contribution in [2.24, 2.45) is 0 Å². The molecular formula is C34H36F4. The summed E-state index contributed by atoms with van der Waals surface area (Å²) in [4.78, 5) is 0. The standard InChI is InChI=1S/C34H36F4/c35-33-25-13-23-31(27-33)21-11-20-29(18-10-4-9-17-28-15-7-3-8-16-28)14-5-1-2-6-19-30-22-12-24-32(26-30)34(36,37)38/h1,3,5,7-8,10,12-16,18,22-27H,2,4,6,9,11,17,19-21H2. The topological polar surface area (TPSA) is 0 Å². The largest absolute Gasteiger partial charge is 0.416 e. The number of hydrogen-bond acceptors (Lipinski definition) is 0. The van der Waals surface area contributed by atoms with Gasteiger partial charge in [0.05, 0.1) is 5.56 Å². The first kappa shape index (κ1) is 29.2. The molecule has 0 atom stereocenters. The lowest BCUT2D eigenvalue weighted by Gasteiger charge is -2.08. The number of allylic oxidation sites excluding steroid dienone is 6. The first-order valence-corrected chi connectivity index (χ1v) is 13.4. The summed E-state index contributed by atoms with van der Waals surface area (Å²) in [7, 11) is 0. The minimum absolute atomic E-state index is 0.204. The number of benzene rings is 3. The number of aryl methyl sites for hydroxylation is 3. The van der Waals surface area contributed by atoms with E-state index in [1.165, 1.54) is 29.3 Å². The van der Waals surface area contributed by atoms with Crippen molar-refractivity contribution in [3.05, 3.63) is 143 Å². The van der Waals surface area contributed by atoms with Crippen molar-refractivity contribution in [3.63, 3.8) is 0 Å². The molecule has 0 aliphatic carbocycles. The quantitative estimate of drug-likeness (QED) is 0.113. The van der Waals surface area contributed by atoms with Gasteiger partial charge in [-0.1, -0.05) is 91.0 Å². The highest BCUT2D eigenvalue weighted by atomic mass is 19.4. The predicted molar refractivity (Wildman–Crippen MR) is 149 cm³/mol. The predicted octanol–water partition coefficient (Wildman–Crippen LogP) is 10.3. The van der Waals surface area contributed by atoms with Crippen LogP contribution in [0, 0.1) is 5.82 Å². The molecule has 0 amide bonds. The normalized spacial score (nSPS) is 12.6. The molecule has 0 aliphatic rings. The first-order valence-electron chi connectivity index (χ1n) is 13.4.